The average molecular weight is 306 g/mol. The second kappa shape index (κ2) is 7.68. The normalized spacial score (nSPS) is 15.8. The highest BCUT2D eigenvalue weighted by Crippen LogP contribution is 2.17. The minimum Gasteiger partial charge on any atom is -0.359 e. The van der Waals surface area contributed by atoms with Crippen LogP contribution in [0.3, 0.4) is 0 Å². The molecule has 1 aliphatic rings. The molecule has 21 heavy (non-hydrogen) atoms. The summed E-state index contributed by atoms with van der Waals surface area (Å²) < 4.78 is 0. The molecule has 0 aromatic heterocycles. The third kappa shape index (κ3) is 4.78. The number of thiocarbonyl (C=S) groups is 1. The molecular formula is C14H18N4O2S. The van der Waals surface area contributed by atoms with Crippen LogP contribution in [0.25, 0.3) is 0 Å². The first-order valence-electron chi connectivity index (χ1n) is 7.00. The maximum Gasteiger partial charge on any atom is 0.278 e. The van der Waals surface area contributed by atoms with Gasteiger partial charge in [-0.1, -0.05) is 31.4 Å². The van der Waals surface area contributed by atoms with E-state index in [0.29, 0.717) is 16.7 Å². The first kappa shape index (κ1) is 15.4. The van der Waals surface area contributed by atoms with E-state index in [1.54, 1.807) is 18.2 Å². The van der Waals surface area contributed by atoms with Gasteiger partial charge in [0.15, 0.2) is 5.11 Å². The van der Waals surface area contributed by atoms with Crippen molar-refractivity contribution in [2.24, 2.45) is 5.10 Å². The first-order valence-corrected chi connectivity index (χ1v) is 7.40. The number of nitrogens with zero attached hydrogens (tertiary/aromatic N) is 2. The molecule has 0 aliphatic heterocycles. The van der Waals surface area contributed by atoms with Crippen LogP contribution >= 0.6 is 12.2 Å². The maximum absolute atomic E-state index is 10.9. The lowest BCUT2D eigenvalue weighted by Crippen LogP contribution is -2.40. The van der Waals surface area contributed by atoms with Gasteiger partial charge in [0.25, 0.3) is 5.69 Å². The van der Waals surface area contributed by atoms with Gasteiger partial charge in [0.1, 0.15) is 0 Å². The van der Waals surface area contributed by atoms with Crippen LogP contribution in [0.4, 0.5) is 5.69 Å². The van der Waals surface area contributed by atoms with Crippen molar-refractivity contribution in [3.63, 3.8) is 0 Å². The molecule has 0 heterocycles. The Morgan fingerprint density at radius 3 is 2.76 bits per heavy atom. The molecule has 2 N–H and O–H groups in total. The molecule has 1 aliphatic carbocycles. The predicted molar refractivity (Wildman–Crippen MR) is 86.4 cm³/mol. The van der Waals surface area contributed by atoms with Crippen molar-refractivity contribution in [1.29, 1.82) is 0 Å². The van der Waals surface area contributed by atoms with Gasteiger partial charge in [-0.15, -0.1) is 0 Å². The summed E-state index contributed by atoms with van der Waals surface area (Å²) in [6.07, 6.45) is 7.38. The number of hydrazone groups is 1. The Kier molecular flexibility index (Phi) is 5.62. The van der Waals surface area contributed by atoms with Gasteiger partial charge in [0, 0.05) is 12.1 Å². The highest BCUT2D eigenvalue weighted by Gasteiger charge is 2.13. The Labute approximate surface area is 128 Å². The molecule has 1 fully saturated rings. The summed E-state index contributed by atoms with van der Waals surface area (Å²) in [4.78, 5) is 10.4. The second-order valence-corrected chi connectivity index (χ2v) is 5.40. The standard InChI is InChI=1S/C14H18N4O2S/c19-18(20)13-9-5-4-6-11(13)10-15-17-14(21)16-12-7-2-1-3-8-12/h4-6,9-10,12H,1-3,7-8H2,(H2,16,17,21). The van der Waals surface area contributed by atoms with Crippen molar-refractivity contribution >= 4 is 29.2 Å². The van der Waals surface area contributed by atoms with Crippen LogP contribution in [-0.4, -0.2) is 22.3 Å². The lowest BCUT2D eigenvalue weighted by molar-refractivity contribution is -0.385. The van der Waals surface area contributed by atoms with Crippen LogP contribution in [0.15, 0.2) is 29.4 Å². The van der Waals surface area contributed by atoms with Crippen LogP contribution in [0, 0.1) is 10.1 Å². The molecule has 0 spiro atoms. The smallest absolute Gasteiger partial charge is 0.278 e. The van der Waals surface area contributed by atoms with E-state index >= 15 is 0 Å². The number of para-hydroxylation sites is 1. The van der Waals surface area contributed by atoms with Crippen molar-refractivity contribution < 1.29 is 4.92 Å². The summed E-state index contributed by atoms with van der Waals surface area (Å²) in [6.45, 7) is 0. The largest absolute Gasteiger partial charge is 0.359 e. The number of rotatable bonds is 4. The zero-order chi connectivity index (χ0) is 15.1. The molecule has 1 aromatic rings. The van der Waals surface area contributed by atoms with E-state index < -0.39 is 4.92 Å². The zero-order valence-electron chi connectivity index (χ0n) is 11.6. The molecule has 6 nitrogen and oxygen atoms in total. The Bertz CT molecular complexity index is 542. The van der Waals surface area contributed by atoms with E-state index in [2.05, 4.69) is 15.8 Å². The molecule has 0 radical (unpaired) electrons. The highest BCUT2D eigenvalue weighted by molar-refractivity contribution is 7.80. The van der Waals surface area contributed by atoms with E-state index in [-0.39, 0.29) is 5.69 Å². The molecule has 0 unspecified atom stereocenters. The Morgan fingerprint density at radius 2 is 2.05 bits per heavy atom. The molecule has 0 saturated heterocycles. The fourth-order valence-electron chi connectivity index (χ4n) is 2.39. The number of nitrogens with one attached hydrogen (secondary N) is 2. The number of nitro benzene ring substituents is 1. The number of benzene rings is 1. The zero-order valence-corrected chi connectivity index (χ0v) is 12.4. The molecule has 7 heteroatoms. The molecule has 0 amide bonds. The minimum atomic E-state index is -0.431. The number of hydrogen-bond acceptors (Lipinski definition) is 4. The van der Waals surface area contributed by atoms with Gasteiger partial charge in [0.2, 0.25) is 0 Å². The van der Waals surface area contributed by atoms with Gasteiger partial charge >= 0.3 is 0 Å². The van der Waals surface area contributed by atoms with E-state index in [1.165, 1.54) is 31.5 Å². The highest BCUT2D eigenvalue weighted by atomic mass is 32.1. The topological polar surface area (TPSA) is 79.6 Å². The summed E-state index contributed by atoms with van der Waals surface area (Å²) in [5.74, 6) is 0. The van der Waals surface area contributed by atoms with E-state index in [4.69, 9.17) is 12.2 Å². The summed E-state index contributed by atoms with van der Waals surface area (Å²) >= 11 is 5.16. The molecule has 0 bridgehead atoms. The van der Waals surface area contributed by atoms with Crippen LogP contribution in [0.1, 0.15) is 37.7 Å². The number of hydrogen-bond donors (Lipinski definition) is 2. The van der Waals surface area contributed by atoms with Crippen molar-refractivity contribution in [2.75, 3.05) is 0 Å². The van der Waals surface area contributed by atoms with E-state index in [9.17, 15) is 10.1 Å². The average Bonchev–Trinajstić information content (AvgIpc) is 2.48. The Balaban J connectivity index is 1.87. The second-order valence-electron chi connectivity index (χ2n) is 4.99. The fraction of sp³-hybridized carbons (Fsp3) is 0.429. The molecule has 1 aromatic carbocycles. The summed E-state index contributed by atoms with van der Waals surface area (Å²) in [6, 6.07) is 6.84. The van der Waals surface area contributed by atoms with Gasteiger partial charge < -0.3 is 5.32 Å². The van der Waals surface area contributed by atoms with Gasteiger partial charge in [-0.25, -0.2) is 0 Å². The Hall–Kier alpha value is -2.02. The first-order chi connectivity index (χ1) is 10.2. The van der Waals surface area contributed by atoms with Gasteiger partial charge in [-0.05, 0) is 31.1 Å². The lowest BCUT2D eigenvalue weighted by Gasteiger charge is -2.23. The SMILES string of the molecule is O=[N+]([O-])c1ccccc1C=NNC(=S)NC1CCCCC1. The van der Waals surface area contributed by atoms with Gasteiger partial charge in [-0.3, -0.25) is 15.5 Å². The predicted octanol–water partition coefficient (Wildman–Crippen LogP) is 2.73. The van der Waals surface area contributed by atoms with Crippen LogP contribution in [0.2, 0.25) is 0 Å². The van der Waals surface area contributed by atoms with Crippen LogP contribution in [0.5, 0.6) is 0 Å². The summed E-state index contributed by atoms with van der Waals surface area (Å²) in [7, 11) is 0. The minimum absolute atomic E-state index is 0.0224. The van der Waals surface area contributed by atoms with E-state index in [0.717, 1.165) is 12.8 Å². The maximum atomic E-state index is 10.9. The third-order valence-electron chi connectivity index (χ3n) is 3.44. The molecule has 2 rings (SSSR count). The molecule has 112 valence electrons. The van der Waals surface area contributed by atoms with Crippen LogP contribution in [-0.2, 0) is 0 Å². The summed E-state index contributed by atoms with van der Waals surface area (Å²) in [5.41, 5.74) is 3.17. The molecule has 1 saturated carbocycles. The van der Waals surface area contributed by atoms with Crippen molar-refractivity contribution in [1.82, 2.24) is 10.7 Å². The molecule has 0 atom stereocenters. The Morgan fingerprint density at radius 1 is 1.33 bits per heavy atom. The summed E-state index contributed by atoms with van der Waals surface area (Å²) in [5, 5.41) is 18.5. The lowest BCUT2D eigenvalue weighted by atomic mass is 9.96. The quantitative estimate of drug-likeness (QED) is 0.387. The van der Waals surface area contributed by atoms with Gasteiger partial charge in [-0.2, -0.15) is 5.10 Å². The third-order valence-corrected chi connectivity index (χ3v) is 3.65. The fourth-order valence-corrected chi connectivity index (χ4v) is 2.61. The number of nitro groups is 1. The van der Waals surface area contributed by atoms with Crippen molar-refractivity contribution in [3.8, 4) is 0 Å². The van der Waals surface area contributed by atoms with Crippen LogP contribution < -0.4 is 10.7 Å². The monoisotopic (exact) mass is 306 g/mol. The van der Waals surface area contributed by atoms with Crippen molar-refractivity contribution in [3.05, 3.63) is 39.9 Å². The van der Waals surface area contributed by atoms with E-state index in [1.807, 2.05) is 0 Å². The molecular weight excluding hydrogens is 288 g/mol. The van der Waals surface area contributed by atoms with Crippen molar-refractivity contribution in [2.45, 2.75) is 38.1 Å². The van der Waals surface area contributed by atoms with Gasteiger partial charge in [0.05, 0.1) is 16.7 Å².